The third kappa shape index (κ3) is 4.03. The molecule has 3 heterocycles. The van der Waals surface area contributed by atoms with Gasteiger partial charge in [0.25, 0.3) is 5.56 Å². The van der Waals surface area contributed by atoms with Gasteiger partial charge in [-0.05, 0) is 60.7 Å². The molecule has 174 valence electrons. The molecule has 1 aliphatic rings. The number of benzene rings is 2. The van der Waals surface area contributed by atoms with Gasteiger partial charge in [0.2, 0.25) is 5.91 Å². The third-order valence-corrected chi connectivity index (χ3v) is 7.49. The Balaban J connectivity index is 1.40. The third-order valence-electron chi connectivity index (χ3n) is 6.39. The summed E-state index contributed by atoms with van der Waals surface area (Å²) in [5, 5.41) is 8.49. The summed E-state index contributed by atoms with van der Waals surface area (Å²) in [6.07, 6.45) is 1.79. The zero-order chi connectivity index (χ0) is 24.0. The summed E-state index contributed by atoms with van der Waals surface area (Å²) < 4.78 is 3.37. The topological polar surface area (TPSA) is 81.8 Å². The van der Waals surface area contributed by atoms with E-state index in [-0.39, 0.29) is 23.9 Å². The molecule has 1 amide bonds. The van der Waals surface area contributed by atoms with Gasteiger partial charge in [-0.2, -0.15) is 5.10 Å². The first-order chi connectivity index (χ1) is 16.3. The van der Waals surface area contributed by atoms with Crippen LogP contribution in [0, 0.1) is 13.8 Å². The van der Waals surface area contributed by atoms with E-state index >= 15 is 0 Å². The van der Waals surface area contributed by atoms with Crippen molar-refractivity contribution in [2.75, 3.05) is 11.1 Å². The standard InChI is InChI=1S/C26H27N5O2S/c1-15(2)18-6-8-19(9-7-18)28-23(32)12-21-14-34-26-29-24-22(25(33)30(21)26)13-27-31(24)20-10-5-16(3)17(4)11-20/h5-11,13,15,21H,12,14H2,1-4H3,(H,28,32). The zero-order valence-corrected chi connectivity index (χ0v) is 20.5. The molecule has 34 heavy (non-hydrogen) atoms. The van der Waals surface area contributed by atoms with Crippen LogP contribution in [0.15, 0.2) is 58.6 Å². The number of nitrogens with one attached hydrogen (secondary N) is 1. The molecule has 4 aromatic rings. The molecule has 0 spiro atoms. The van der Waals surface area contributed by atoms with Gasteiger partial charge in [0, 0.05) is 17.9 Å². The highest BCUT2D eigenvalue weighted by Crippen LogP contribution is 2.33. The smallest absolute Gasteiger partial charge is 0.265 e. The molecule has 8 heteroatoms. The maximum atomic E-state index is 13.4. The molecule has 0 fully saturated rings. The van der Waals surface area contributed by atoms with E-state index in [1.165, 1.54) is 22.9 Å². The first-order valence-corrected chi connectivity index (χ1v) is 12.4. The van der Waals surface area contributed by atoms with Crippen LogP contribution in [-0.2, 0) is 4.79 Å². The van der Waals surface area contributed by atoms with Gasteiger partial charge in [0.15, 0.2) is 10.8 Å². The van der Waals surface area contributed by atoms with Crippen LogP contribution in [0.25, 0.3) is 16.7 Å². The molecule has 0 saturated carbocycles. The largest absolute Gasteiger partial charge is 0.326 e. The Labute approximate surface area is 202 Å². The van der Waals surface area contributed by atoms with Crippen molar-refractivity contribution < 1.29 is 4.79 Å². The number of hydrogen-bond acceptors (Lipinski definition) is 5. The van der Waals surface area contributed by atoms with E-state index in [1.54, 1.807) is 15.4 Å². The highest BCUT2D eigenvalue weighted by Gasteiger charge is 2.29. The van der Waals surface area contributed by atoms with Gasteiger partial charge in [-0.1, -0.05) is 43.8 Å². The molecule has 0 aliphatic carbocycles. The Morgan fingerprint density at radius 2 is 1.91 bits per heavy atom. The highest BCUT2D eigenvalue weighted by molar-refractivity contribution is 7.99. The van der Waals surface area contributed by atoms with Crippen molar-refractivity contribution in [2.24, 2.45) is 0 Å². The van der Waals surface area contributed by atoms with E-state index in [0.29, 0.717) is 27.9 Å². The Bertz CT molecular complexity index is 1450. The van der Waals surface area contributed by atoms with Gasteiger partial charge in [-0.3, -0.25) is 14.2 Å². The second-order valence-corrected chi connectivity index (χ2v) is 10.1. The fraction of sp³-hybridized carbons (Fsp3) is 0.308. The van der Waals surface area contributed by atoms with E-state index in [2.05, 4.69) is 38.1 Å². The minimum atomic E-state index is -0.246. The number of fused-ring (bicyclic) bond motifs is 2. The number of nitrogens with zero attached hydrogens (tertiary/aromatic N) is 4. The van der Waals surface area contributed by atoms with Gasteiger partial charge in [0.05, 0.1) is 17.9 Å². The summed E-state index contributed by atoms with van der Waals surface area (Å²) in [6, 6.07) is 13.7. The number of thioether (sulfide) groups is 1. The Morgan fingerprint density at radius 3 is 2.62 bits per heavy atom. The van der Waals surface area contributed by atoms with Crippen LogP contribution in [0.2, 0.25) is 0 Å². The molecule has 1 atom stereocenters. The van der Waals surface area contributed by atoms with Crippen molar-refractivity contribution >= 4 is 34.4 Å². The predicted molar refractivity (Wildman–Crippen MR) is 136 cm³/mol. The molecule has 2 aromatic heterocycles. The summed E-state index contributed by atoms with van der Waals surface area (Å²) >= 11 is 1.50. The van der Waals surface area contributed by atoms with E-state index in [1.807, 2.05) is 42.5 Å². The van der Waals surface area contributed by atoms with Crippen LogP contribution < -0.4 is 10.9 Å². The number of aryl methyl sites for hydroxylation is 2. The van der Waals surface area contributed by atoms with Crippen LogP contribution in [0.3, 0.4) is 0 Å². The molecule has 2 aromatic carbocycles. The summed E-state index contributed by atoms with van der Waals surface area (Å²) in [5.74, 6) is 0.951. The maximum Gasteiger partial charge on any atom is 0.265 e. The SMILES string of the molecule is Cc1ccc(-n2ncc3c(=O)n4c(nc32)SCC4CC(=O)Nc2ccc(C(C)C)cc2)cc1C. The van der Waals surface area contributed by atoms with Gasteiger partial charge >= 0.3 is 0 Å². The van der Waals surface area contributed by atoms with Gasteiger partial charge in [-0.25, -0.2) is 9.67 Å². The van der Waals surface area contributed by atoms with Crippen molar-refractivity contribution in [1.29, 1.82) is 0 Å². The lowest BCUT2D eigenvalue weighted by Gasteiger charge is -2.14. The van der Waals surface area contributed by atoms with Crippen LogP contribution >= 0.6 is 11.8 Å². The number of rotatable bonds is 5. The molecule has 1 aliphatic heterocycles. The number of aromatic nitrogens is 4. The van der Waals surface area contributed by atoms with Gasteiger partial charge in [0.1, 0.15) is 5.39 Å². The van der Waals surface area contributed by atoms with Crippen molar-refractivity contribution in [3.63, 3.8) is 0 Å². The molecule has 0 bridgehead atoms. The lowest BCUT2D eigenvalue weighted by molar-refractivity contribution is -0.116. The number of carbonyl (C=O) groups is 1. The molecule has 0 saturated heterocycles. The summed E-state index contributed by atoms with van der Waals surface area (Å²) in [5.41, 5.74) is 5.59. The molecule has 0 radical (unpaired) electrons. The number of anilines is 1. The Morgan fingerprint density at radius 1 is 1.15 bits per heavy atom. The average Bonchev–Trinajstić information content (AvgIpc) is 3.41. The monoisotopic (exact) mass is 473 g/mol. The van der Waals surface area contributed by atoms with E-state index in [9.17, 15) is 9.59 Å². The van der Waals surface area contributed by atoms with Gasteiger partial charge < -0.3 is 5.32 Å². The van der Waals surface area contributed by atoms with Crippen LogP contribution in [0.5, 0.6) is 0 Å². The quantitative estimate of drug-likeness (QED) is 0.413. The highest BCUT2D eigenvalue weighted by atomic mass is 32.2. The van der Waals surface area contributed by atoms with Crippen molar-refractivity contribution in [1.82, 2.24) is 19.3 Å². The number of hydrogen-bond donors (Lipinski definition) is 1. The Hall–Kier alpha value is -3.39. The molecule has 1 unspecified atom stereocenters. The predicted octanol–water partition coefficient (Wildman–Crippen LogP) is 5.00. The fourth-order valence-corrected chi connectivity index (χ4v) is 5.33. The molecule has 1 N–H and O–H groups in total. The zero-order valence-electron chi connectivity index (χ0n) is 19.7. The number of carbonyl (C=O) groups excluding carboxylic acids is 1. The molecule has 7 nitrogen and oxygen atoms in total. The fourth-order valence-electron chi connectivity index (χ4n) is 4.20. The first kappa shape index (κ1) is 22.4. The van der Waals surface area contributed by atoms with Crippen molar-refractivity contribution in [3.8, 4) is 5.69 Å². The van der Waals surface area contributed by atoms with E-state index in [0.717, 1.165) is 16.9 Å². The summed E-state index contributed by atoms with van der Waals surface area (Å²) in [6.45, 7) is 8.38. The molecular weight excluding hydrogens is 446 g/mol. The van der Waals surface area contributed by atoms with Crippen LogP contribution in [0.4, 0.5) is 5.69 Å². The van der Waals surface area contributed by atoms with Gasteiger partial charge in [-0.15, -0.1) is 0 Å². The molecule has 5 rings (SSSR count). The minimum absolute atomic E-state index is 0.117. The maximum absolute atomic E-state index is 13.4. The minimum Gasteiger partial charge on any atom is -0.326 e. The average molecular weight is 474 g/mol. The first-order valence-electron chi connectivity index (χ1n) is 11.4. The van der Waals surface area contributed by atoms with Crippen LogP contribution in [0.1, 0.15) is 48.9 Å². The van der Waals surface area contributed by atoms with E-state index in [4.69, 9.17) is 4.98 Å². The lowest BCUT2D eigenvalue weighted by atomic mass is 10.0. The number of amides is 1. The molecular formula is C26H27N5O2S. The Kier molecular flexibility index (Phi) is 5.77. The van der Waals surface area contributed by atoms with Crippen molar-refractivity contribution in [2.45, 2.75) is 51.2 Å². The van der Waals surface area contributed by atoms with E-state index < -0.39 is 0 Å². The van der Waals surface area contributed by atoms with Crippen molar-refractivity contribution in [3.05, 3.63) is 75.7 Å². The van der Waals surface area contributed by atoms with Crippen LogP contribution in [-0.4, -0.2) is 31.0 Å². The second-order valence-electron chi connectivity index (χ2n) is 9.13. The lowest BCUT2D eigenvalue weighted by Crippen LogP contribution is -2.27. The second kappa shape index (κ2) is 8.76. The normalized spacial score (nSPS) is 15.1. The summed E-state index contributed by atoms with van der Waals surface area (Å²) in [4.78, 5) is 30.9. The summed E-state index contributed by atoms with van der Waals surface area (Å²) in [7, 11) is 0.